The molecule has 0 spiro atoms. The Morgan fingerprint density at radius 1 is 1.12 bits per heavy atom. The lowest BCUT2D eigenvalue weighted by Gasteiger charge is -2.15. The van der Waals surface area contributed by atoms with E-state index in [1.807, 2.05) is 37.3 Å². The molecule has 0 aliphatic heterocycles. The molecule has 17 heavy (non-hydrogen) atoms. The minimum atomic E-state index is 0.00441. The Bertz CT molecular complexity index is 478. The lowest BCUT2D eigenvalue weighted by molar-refractivity contribution is 0.453. The third-order valence-corrected chi connectivity index (χ3v) is 2.95. The van der Waals surface area contributed by atoms with Crippen LogP contribution in [-0.4, -0.2) is 6.54 Å². The summed E-state index contributed by atoms with van der Waals surface area (Å²) in [6.45, 7) is 2.89. The summed E-state index contributed by atoms with van der Waals surface area (Å²) in [4.78, 5) is 0. The normalized spacial score (nSPS) is 12.6. The highest BCUT2D eigenvalue weighted by molar-refractivity contribution is 6.30. The van der Waals surface area contributed by atoms with Crippen LogP contribution in [-0.2, 0) is 0 Å². The molecule has 1 unspecified atom stereocenters. The van der Waals surface area contributed by atoms with Crippen molar-refractivity contribution in [1.82, 2.24) is 5.32 Å². The first-order valence-corrected chi connectivity index (χ1v) is 6.20. The summed E-state index contributed by atoms with van der Waals surface area (Å²) < 4.78 is 5.45. The second-order valence-corrected chi connectivity index (χ2v) is 4.49. The van der Waals surface area contributed by atoms with Gasteiger partial charge in [0, 0.05) is 5.02 Å². The molecule has 2 aromatic rings. The van der Waals surface area contributed by atoms with E-state index in [0.29, 0.717) is 5.22 Å². The highest BCUT2D eigenvalue weighted by Gasteiger charge is 2.16. The molecule has 2 rings (SSSR count). The van der Waals surface area contributed by atoms with Crippen LogP contribution in [0.2, 0.25) is 10.2 Å². The number of nitrogens with one attached hydrogen (secondary N) is 1. The molecule has 0 fully saturated rings. The molecule has 1 atom stereocenters. The SMILES string of the molecule is CCNC(c1ccc(Cl)cc1)c1ccc(Cl)o1. The first-order valence-electron chi connectivity index (χ1n) is 5.44. The molecule has 2 nitrogen and oxygen atoms in total. The van der Waals surface area contributed by atoms with Gasteiger partial charge in [-0.3, -0.25) is 0 Å². The van der Waals surface area contributed by atoms with Gasteiger partial charge >= 0.3 is 0 Å². The molecular formula is C13H13Cl2NO. The Kier molecular flexibility index (Phi) is 4.11. The monoisotopic (exact) mass is 269 g/mol. The first kappa shape index (κ1) is 12.5. The van der Waals surface area contributed by atoms with Gasteiger partial charge in [-0.25, -0.2) is 0 Å². The highest BCUT2D eigenvalue weighted by Crippen LogP contribution is 2.26. The number of rotatable bonds is 4. The Labute approximate surface area is 111 Å². The minimum absolute atomic E-state index is 0.00441. The van der Waals surface area contributed by atoms with Crippen molar-refractivity contribution < 1.29 is 4.42 Å². The molecule has 0 bridgehead atoms. The van der Waals surface area contributed by atoms with Crippen molar-refractivity contribution in [2.24, 2.45) is 0 Å². The molecule has 0 aliphatic carbocycles. The summed E-state index contributed by atoms with van der Waals surface area (Å²) >= 11 is 11.7. The van der Waals surface area contributed by atoms with Crippen LogP contribution in [0.5, 0.6) is 0 Å². The standard InChI is InChI=1S/C13H13Cl2NO/c1-2-16-13(11-7-8-12(15)17-11)9-3-5-10(14)6-4-9/h3-8,13,16H,2H2,1H3. The molecule has 1 aromatic carbocycles. The van der Waals surface area contributed by atoms with Crippen molar-refractivity contribution >= 4 is 23.2 Å². The van der Waals surface area contributed by atoms with Gasteiger partial charge in [0.2, 0.25) is 0 Å². The average Bonchev–Trinajstić information content (AvgIpc) is 2.74. The molecule has 1 heterocycles. The second-order valence-electron chi connectivity index (χ2n) is 3.68. The van der Waals surface area contributed by atoms with Gasteiger partial charge in [0.1, 0.15) is 5.76 Å². The molecular weight excluding hydrogens is 257 g/mol. The van der Waals surface area contributed by atoms with Crippen LogP contribution >= 0.6 is 23.2 Å². The van der Waals surface area contributed by atoms with E-state index < -0.39 is 0 Å². The number of hydrogen-bond acceptors (Lipinski definition) is 2. The third-order valence-electron chi connectivity index (χ3n) is 2.49. The quantitative estimate of drug-likeness (QED) is 0.896. The van der Waals surface area contributed by atoms with E-state index in [2.05, 4.69) is 5.32 Å². The van der Waals surface area contributed by atoms with E-state index in [1.165, 1.54) is 0 Å². The fourth-order valence-electron chi connectivity index (χ4n) is 1.73. The van der Waals surface area contributed by atoms with E-state index >= 15 is 0 Å². The van der Waals surface area contributed by atoms with Crippen LogP contribution in [0.25, 0.3) is 0 Å². The van der Waals surface area contributed by atoms with Crippen LogP contribution in [0.3, 0.4) is 0 Å². The van der Waals surface area contributed by atoms with Gasteiger partial charge in [-0.05, 0) is 48.0 Å². The smallest absolute Gasteiger partial charge is 0.193 e. The first-order chi connectivity index (χ1) is 8.20. The van der Waals surface area contributed by atoms with Crippen molar-refractivity contribution in [2.45, 2.75) is 13.0 Å². The van der Waals surface area contributed by atoms with E-state index in [4.69, 9.17) is 27.6 Å². The third kappa shape index (κ3) is 3.03. The Morgan fingerprint density at radius 3 is 2.35 bits per heavy atom. The van der Waals surface area contributed by atoms with Crippen LogP contribution in [0.4, 0.5) is 0 Å². The summed E-state index contributed by atoms with van der Waals surface area (Å²) in [5.41, 5.74) is 1.10. The largest absolute Gasteiger partial charge is 0.448 e. The summed E-state index contributed by atoms with van der Waals surface area (Å²) in [6, 6.07) is 11.3. The maximum Gasteiger partial charge on any atom is 0.193 e. The predicted octanol–water partition coefficient (Wildman–Crippen LogP) is 4.29. The predicted molar refractivity (Wildman–Crippen MR) is 70.7 cm³/mol. The Hall–Kier alpha value is -0.960. The molecule has 1 N–H and O–H groups in total. The average molecular weight is 270 g/mol. The summed E-state index contributed by atoms with van der Waals surface area (Å²) in [6.07, 6.45) is 0. The Morgan fingerprint density at radius 2 is 1.82 bits per heavy atom. The second kappa shape index (κ2) is 5.58. The summed E-state index contributed by atoms with van der Waals surface area (Å²) in [5.74, 6) is 0.805. The maximum atomic E-state index is 5.88. The summed E-state index contributed by atoms with van der Waals surface area (Å²) in [5, 5.41) is 4.48. The van der Waals surface area contributed by atoms with Crippen molar-refractivity contribution in [3.63, 3.8) is 0 Å². The highest BCUT2D eigenvalue weighted by atomic mass is 35.5. The zero-order valence-corrected chi connectivity index (χ0v) is 10.9. The minimum Gasteiger partial charge on any atom is -0.448 e. The van der Waals surface area contributed by atoms with Crippen LogP contribution in [0.1, 0.15) is 24.3 Å². The molecule has 0 saturated carbocycles. The fraction of sp³-hybridized carbons (Fsp3) is 0.231. The molecule has 0 aliphatic rings. The molecule has 0 radical (unpaired) electrons. The lowest BCUT2D eigenvalue weighted by Crippen LogP contribution is -2.21. The van der Waals surface area contributed by atoms with Gasteiger partial charge < -0.3 is 9.73 Å². The molecule has 1 aromatic heterocycles. The van der Waals surface area contributed by atoms with E-state index in [0.717, 1.165) is 22.9 Å². The van der Waals surface area contributed by atoms with Gasteiger partial charge in [-0.2, -0.15) is 0 Å². The van der Waals surface area contributed by atoms with Gasteiger partial charge in [-0.15, -0.1) is 0 Å². The van der Waals surface area contributed by atoms with Crippen molar-refractivity contribution in [3.8, 4) is 0 Å². The van der Waals surface area contributed by atoms with Gasteiger partial charge in [0.15, 0.2) is 5.22 Å². The van der Waals surface area contributed by atoms with Crippen molar-refractivity contribution in [2.75, 3.05) is 6.54 Å². The van der Waals surface area contributed by atoms with E-state index in [-0.39, 0.29) is 6.04 Å². The topological polar surface area (TPSA) is 25.2 Å². The number of halogens is 2. The molecule has 90 valence electrons. The zero-order chi connectivity index (χ0) is 12.3. The van der Waals surface area contributed by atoms with Crippen molar-refractivity contribution in [1.29, 1.82) is 0 Å². The van der Waals surface area contributed by atoms with E-state index in [9.17, 15) is 0 Å². The van der Waals surface area contributed by atoms with Gasteiger partial charge in [0.25, 0.3) is 0 Å². The van der Waals surface area contributed by atoms with Crippen LogP contribution < -0.4 is 5.32 Å². The molecule has 4 heteroatoms. The van der Waals surface area contributed by atoms with Gasteiger partial charge in [-0.1, -0.05) is 30.7 Å². The zero-order valence-electron chi connectivity index (χ0n) is 9.41. The number of benzene rings is 1. The summed E-state index contributed by atoms with van der Waals surface area (Å²) in [7, 11) is 0. The van der Waals surface area contributed by atoms with Crippen LogP contribution in [0.15, 0.2) is 40.8 Å². The van der Waals surface area contributed by atoms with E-state index in [1.54, 1.807) is 6.07 Å². The Balaban J connectivity index is 2.31. The number of furan rings is 1. The molecule has 0 amide bonds. The molecule has 0 saturated heterocycles. The van der Waals surface area contributed by atoms with Gasteiger partial charge in [0.05, 0.1) is 6.04 Å². The maximum absolute atomic E-state index is 5.88. The van der Waals surface area contributed by atoms with Crippen LogP contribution in [0, 0.1) is 0 Å². The lowest BCUT2D eigenvalue weighted by atomic mass is 10.0. The van der Waals surface area contributed by atoms with Crippen molar-refractivity contribution in [3.05, 3.63) is 58.0 Å². The number of hydrogen-bond donors (Lipinski definition) is 1. The fourth-order valence-corrected chi connectivity index (χ4v) is 2.00.